The molecule has 2 aromatic rings. The monoisotopic (exact) mass is 326 g/mol. The number of carbonyl (C=O) groups is 1. The number of methoxy groups -OCH3 is 1. The zero-order chi connectivity index (χ0) is 17.5. The van der Waals surface area contributed by atoms with Gasteiger partial charge in [-0.15, -0.1) is 0 Å². The van der Waals surface area contributed by atoms with E-state index in [1.807, 2.05) is 25.2 Å². The highest BCUT2D eigenvalue weighted by molar-refractivity contribution is 5.75. The van der Waals surface area contributed by atoms with E-state index in [-0.39, 0.29) is 11.9 Å². The zero-order valence-electron chi connectivity index (χ0n) is 14.9. The van der Waals surface area contributed by atoms with Crippen molar-refractivity contribution in [3.05, 3.63) is 54.1 Å². The van der Waals surface area contributed by atoms with Gasteiger partial charge in [0.25, 0.3) is 0 Å². The van der Waals surface area contributed by atoms with Crippen molar-refractivity contribution in [1.82, 2.24) is 10.2 Å². The summed E-state index contributed by atoms with van der Waals surface area (Å²) in [5, 5.41) is 2.66. The molecule has 0 spiro atoms. The molecule has 0 heterocycles. The van der Waals surface area contributed by atoms with E-state index in [1.165, 1.54) is 5.56 Å². The molecule has 0 aliphatic heterocycles. The third-order valence-corrected chi connectivity index (χ3v) is 4.44. The minimum absolute atomic E-state index is 0.0700. The van der Waals surface area contributed by atoms with Crippen LogP contribution in [0.1, 0.15) is 24.9 Å². The van der Waals surface area contributed by atoms with Crippen molar-refractivity contribution in [3.8, 4) is 16.9 Å². The Morgan fingerprint density at radius 1 is 1.17 bits per heavy atom. The molecule has 2 aromatic carbocycles. The summed E-state index contributed by atoms with van der Waals surface area (Å²) in [4.78, 5) is 13.6. The van der Waals surface area contributed by atoms with Gasteiger partial charge in [0.1, 0.15) is 5.75 Å². The number of ether oxygens (including phenoxy) is 1. The molecule has 4 nitrogen and oxygen atoms in total. The molecule has 1 N–H and O–H groups in total. The van der Waals surface area contributed by atoms with E-state index >= 15 is 0 Å². The Morgan fingerprint density at radius 3 is 2.46 bits per heavy atom. The second-order valence-corrected chi connectivity index (χ2v) is 5.90. The van der Waals surface area contributed by atoms with Crippen LogP contribution in [0, 0.1) is 0 Å². The Morgan fingerprint density at radius 2 is 1.83 bits per heavy atom. The molecule has 0 bridgehead atoms. The number of nitrogens with one attached hydrogen (secondary N) is 1. The summed E-state index contributed by atoms with van der Waals surface area (Å²) in [6.45, 7) is 2.89. The number of hydrogen-bond donors (Lipinski definition) is 1. The van der Waals surface area contributed by atoms with E-state index in [9.17, 15) is 4.79 Å². The maximum atomic E-state index is 11.4. The van der Waals surface area contributed by atoms with Gasteiger partial charge in [-0.25, -0.2) is 0 Å². The van der Waals surface area contributed by atoms with Crippen LogP contribution in [0.4, 0.5) is 0 Å². The molecule has 1 atom stereocenters. The van der Waals surface area contributed by atoms with Crippen LogP contribution in [-0.4, -0.2) is 38.6 Å². The van der Waals surface area contributed by atoms with Gasteiger partial charge < -0.3 is 10.1 Å². The van der Waals surface area contributed by atoms with Crippen molar-refractivity contribution in [2.24, 2.45) is 0 Å². The Kier molecular flexibility index (Phi) is 6.38. The largest absolute Gasteiger partial charge is 0.496 e. The smallest absolute Gasteiger partial charge is 0.221 e. The van der Waals surface area contributed by atoms with E-state index in [2.05, 4.69) is 47.5 Å². The SMILES string of the molecule is CNC(=O)CCN(C)[C@H](C)c1ccc(-c2ccccc2OC)cc1. The number of hydrogen-bond acceptors (Lipinski definition) is 3. The van der Waals surface area contributed by atoms with Crippen molar-refractivity contribution in [1.29, 1.82) is 0 Å². The predicted molar refractivity (Wildman–Crippen MR) is 98.2 cm³/mol. The molecule has 128 valence electrons. The summed E-state index contributed by atoms with van der Waals surface area (Å²) >= 11 is 0. The molecule has 0 fully saturated rings. The molecule has 0 saturated heterocycles. The number of amides is 1. The lowest BCUT2D eigenvalue weighted by molar-refractivity contribution is -0.120. The summed E-state index contributed by atoms with van der Waals surface area (Å²) in [6, 6.07) is 16.8. The van der Waals surface area contributed by atoms with Gasteiger partial charge in [-0.3, -0.25) is 9.69 Å². The molecule has 4 heteroatoms. The van der Waals surface area contributed by atoms with Gasteiger partial charge in [0.2, 0.25) is 5.91 Å². The van der Waals surface area contributed by atoms with E-state index in [0.717, 1.165) is 23.4 Å². The van der Waals surface area contributed by atoms with Crippen LogP contribution < -0.4 is 10.1 Å². The highest BCUT2D eigenvalue weighted by atomic mass is 16.5. The summed E-state index contributed by atoms with van der Waals surface area (Å²) in [7, 11) is 5.40. The Balaban J connectivity index is 2.09. The maximum absolute atomic E-state index is 11.4. The zero-order valence-corrected chi connectivity index (χ0v) is 14.9. The maximum Gasteiger partial charge on any atom is 0.221 e. The molecule has 24 heavy (non-hydrogen) atoms. The van der Waals surface area contributed by atoms with Crippen molar-refractivity contribution in [2.45, 2.75) is 19.4 Å². The van der Waals surface area contributed by atoms with Gasteiger partial charge in [-0.2, -0.15) is 0 Å². The number of nitrogens with zero attached hydrogens (tertiary/aromatic N) is 1. The van der Waals surface area contributed by atoms with Gasteiger partial charge >= 0.3 is 0 Å². The summed E-state index contributed by atoms with van der Waals surface area (Å²) in [5.41, 5.74) is 3.46. The van der Waals surface area contributed by atoms with E-state index in [4.69, 9.17) is 4.74 Å². The standard InChI is InChI=1S/C20H26N2O2/c1-15(22(3)14-13-20(23)21-2)16-9-11-17(12-10-16)18-7-5-6-8-19(18)24-4/h5-12,15H,13-14H2,1-4H3,(H,21,23)/t15-/m1/s1. The van der Waals surface area contributed by atoms with Gasteiger partial charge in [0.15, 0.2) is 0 Å². The normalized spacial score (nSPS) is 12.0. The highest BCUT2D eigenvalue weighted by Gasteiger charge is 2.13. The highest BCUT2D eigenvalue weighted by Crippen LogP contribution is 2.30. The molecule has 0 saturated carbocycles. The topological polar surface area (TPSA) is 41.6 Å². The number of carbonyl (C=O) groups excluding carboxylic acids is 1. The Bertz CT molecular complexity index is 668. The molecule has 1 amide bonds. The first-order valence-corrected chi connectivity index (χ1v) is 8.21. The Hall–Kier alpha value is -2.33. The lowest BCUT2D eigenvalue weighted by Gasteiger charge is -2.25. The van der Waals surface area contributed by atoms with E-state index in [1.54, 1.807) is 14.2 Å². The van der Waals surface area contributed by atoms with Gasteiger partial charge in [-0.1, -0.05) is 42.5 Å². The van der Waals surface area contributed by atoms with Gasteiger partial charge in [0, 0.05) is 31.6 Å². The molecular weight excluding hydrogens is 300 g/mol. The van der Waals surface area contributed by atoms with Gasteiger partial charge in [-0.05, 0) is 31.2 Å². The molecule has 0 unspecified atom stereocenters. The predicted octanol–water partition coefficient (Wildman–Crippen LogP) is 3.49. The second kappa shape index (κ2) is 8.50. The second-order valence-electron chi connectivity index (χ2n) is 5.90. The molecule has 0 radical (unpaired) electrons. The lowest BCUT2D eigenvalue weighted by Crippen LogP contribution is -2.28. The van der Waals surface area contributed by atoms with Crippen molar-refractivity contribution >= 4 is 5.91 Å². The van der Waals surface area contributed by atoms with Crippen molar-refractivity contribution in [3.63, 3.8) is 0 Å². The third kappa shape index (κ3) is 4.36. The molecular formula is C20H26N2O2. The lowest BCUT2D eigenvalue weighted by atomic mass is 10.00. The average molecular weight is 326 g/mol. The first kappa shape index (κ1) is 18.0. The van der Waals surface area contributed by atoms with Crippen LogP contribution in [0.15, 0.2) is 48.5 Å². The quantitative estimate of drug-likeness (QED) is 0.847. The number of rotatable bonds is 7. The van der Waals surface area contributed by atoms with Gasteiger partial charge in [0.05, 0.1) is 7.11 Å². The summed E-state index contributed by atoms with van der Waals surface area (Å²) in [5.74, 6) is 0.946. The number of para-hydroxylation sites is 1. The fourth-order valence-corrected chi connectivity index (χ4v) is 2.68. The molecule has 2 rings (SSSR count). The minimum atomic E-state index is 0.0700. The Labute approximate surface area is 144 Å². The van der Waals surface area contributed by atoms with Crippen LogP contribution in [0.25, 0.3) is 11.1 Å². The molecule has 0 aliphatic carbocycles. The van der Waals surface area contributed by atoms with E-state index in [0.29, 0.717) is 6.42 Å². The van der Waals surface area contributed by atoms with Crippen molar-refractivity contribution < 1.29 is 9.53 Å². The van der Waals surface area contributed by atoms with Crippen LogP contribution in [-0.2, 0) is 4.79 Å². The fourth-order valence-electron chi connectivity index (χ4n) is 2.68. The first-order chi connectivity index (χ1) is 11.6. The van der Waals surface area contributed by atoms with E-state index < -0.39 is 0 Å². The first-order valence-electron chi connectivity index (χ1n) is 8.21. The van der Waals surface area contributed by atoms with Crippen molar-refractivity contribution in [2.75, 3.05) is 27.7 Å². The minimum Gasteiger partial charge on any atom is -0.496 e. The molecule has 0 aliphatic rings. The summed E-state index contributed by atoms with van der Waals surface area (Å²) < 4.78 is 5.43. The summed E-state index contributed by atoms with van der Waals surface area (Å²) in [6.07, 6.45) is 0.511. The van der Waals surface area contributed by atoms with Crippen LogP contribution >= 0.6 is 0 Å². The van der Waals surface area contributed by atoms with Crippen LogP contribution in [0.3, 0.4) is 0 Å². The third-order valence-electron chi connectivity index (χ3n) is 4.44. The average Bonchev–Trinajstić information content (AvgIpc) is 2.65. The fraction of sp³-hybridized carbons (Fsp3) is 0.350. The van der Waals surface area contributed by atoms with Crippen LogP contribution in [0.2, 0.25) is 0 Å². The van der Waals surface area contributed by atoms with Crippen LogP contribution in [0.5, 0.6) is 5.75 Å². The molecule has 0 aromatic heterocycles. The number of benzene rings is 2.